The van der Waals surface area contributed by atoms with E-state index >= 15 is 0 Å². The number of halogens is 1. The van der Waals surface area contributed by atoms with Crippen LogP contribution in [0.15, 0.2) is 36.5 Å². The predicted octanol–water partition coefficient (Wildman–Crippen LogP) is 5.24. The Bertz CT molecular complexity index is 861. The fourth-order valence-electron chi connectivity index (χ4n) is 2.32. The van der Waals surface area contributed by atoms with Gasteiger partial charge in [0.25, 0.3) is 0 Å². The minimum atomic E-state index is 0.543. The van der Waals surface area contributed by atoms with E-state index in [1.54, 1.807) is 17.5 Å². The Kier molecular flexibility index (Phi) is 6.06. The maximum absolute atomic E-state index is 5.96. The number of nitrogens with one attached hydrogen (secondary N) is 2. The van der Waals surface area contributed by atoms with E-state index < -0.39 is 0 Å². The minimum absolute atomic E-state index is 0.543. The van der Waals surface area contributed by atoms with Crippen LogP contribution in [-0.2, 0) is 6.54 Å². The SMILES string of the molecule is Cc1nc(-c2ccc(Cl)cc2)sc1CNc1ccnc(NCC(C)C)n1. The van der Waals surface area contributed by atoms with Crippen molar-refractivity contribution in [2.24, 2.45) is 5.92 Å². The Morgan fingerprint density at radius 2 is 1.85 bits per heavy atom. The number of hydrogen-bond acceptors (Lipinski definition) is 6. The molecule has 0 atom stereocenters. The third-order valence-electron chi connectivity index (χ3n) is 3.74. The smallest absolute Gasteiger partial charge is 0.224 e. The van der Waals surface area contributed by atoms with Crippen molar-refractivity contribution in [1.82, 2.24) is 15.0 Å². The zero-order valence-corrected chi connectivity index (χ0v) is 16.7. The molecule has 26 heavy (non-hydrogen) atoms. The van der Waals surface area contributed by atoms with Gasteiger partial charge in [-0.1, -0.05) is 37.6 Å². The zero-order chi connectivity index (χ0) is 18.5. The molecular formula is C19H22ClN5S. The molecule has 5 nitrogen and oxygen atoms in total. The van der Waals surface area contributed by atoms with Crippen LogP contribution in [0.4, 0.5) is 11.8 Å². The summed E-state index contributed by atoms with van der Waals surface area (Å²) in [4.78, 5) is 14.6. The second-order valence-corrected chi connectivity index (χ2v) is 7.95. The van der Waals surface area contributed by atoms with Gasteiger partial charge in [0.2, 0.25) is 5.95 Å². The van der Waals surface area contributed by atoms with Crippen LogP contribution in [0.1, 0.15) is 24.4 Å². The lowest BCUT2D eigenvalue weighted by Crippen LogP contribution is -2.11. The standard InChI is InChI=1S/C19H22ClN5S/c1-12(2)10-23-19-21-9-8-17(25-19)22-11-16-13(3)24-18(26-16)14-4-6-15(20)7-5-14/h4-9,12H,10-11H2,1-3H3,(H2,21,22,23,25). The molecule has 3 rings (SSSR count). The van der Waals surface area contributed by atoms with E-state index in [1.807, 2.05) is 37.3 Å². The fraction of sp³-hybridized carbons (Fsp3) is 0.316. The third-order valence-corrected chi connectivity index (χ3v) is 5.20. The van der Waals surface area contributed by atoms with Gasteiger partial charge in [-0.25, -0.2) is 9.97 Å². The Labute approximate surface area is 162 Å². The van der Waals surface area contributed by atoms with Gasteiger partial charge in [-0.05, 0) is 31.0 Å². The molecule has 2 heterocycles. The summed E-state index contributed by atoms with van der Waals surface area (Å²) >= 11 is 7.64. The fourth-order valence-corrected chi connectivity index (χ4v) is 3.45. The molecule has 0 spiro atoms. The second-order valence-electron chi connectivity index (χ2n) is 6.43. The highest BCUT2D eigenvalue weighted by atomic mass is 35.5. The van der Waals surface area contributed by atoms with Crippen LogP contribution in [0.3, 0.4) is 0 Å². The summed E-state index contributed by atoms with van der Waals surface area (Å²) in [5.41, 5.74) is 2.11. The van der Waals surface area contributed by atoms with Crippen molar-refractivity contribution in [1.29, 1.82) is 0 Å². The van der Waals surface area contributed by atoms with Crippen molar-refractivity contribution < 1.29 is 0 Å². The molecule has 0 aliphatic carbocycles. The van der Waals surface area contributed by atoms with Crippen molar-refractivity contribution in [3.63, 3.8) is 0 Å². The normalized spacial score (nSPS) is 11.0. The first-order chi connectivity index (χ1) is 12.5. The molecule has 2 aromatic heterocycles. The maximum Gasteiger partial charge on any atom is 0.224 e. The van der Waals surface area contributed by atoms with Crippen molar-refractivity contribution in [3.05, 3.63) is 52.1 Å². The number of benzene rings is 1. The van der Waals surface area contributed by atoms with Gasteiger partial charge in [0, 0.05) is 28.2 Å². The van der Waals surface area contributed by atoms with Gasteiger partial charge in [-0.15, -0.1) is 11.3 Å². The topological polar surface area (TPSA) is 62.7 Å². The van der Waals surface area contributed by atoms with Crippen LogP contribution in [-0.4, -0.2) is 21.5 Å². The van der Waals surface area contributed by atoms with E-state index in [1.165, 1.54) is 4.88 Å². The molecule has 0 fully saturated rings. The molecule has 0 aliphatic heterocycles. The molecule has 0 unspecified atom stereocenters. The molecule has 136 valence electrons. The van der Waals surface area contributed by atoms with Gasteiger partial charge in [0.15, 0.2) is 0 Å². The van der Waals surface area contributed by atoms with E-state index in [4.69, 9.17) is 11.6 Å². The monoisotopic (exact) mass is 387 g/mol. The molecule has 1 aromatic carbocycles. The number of hydrogen-bond donors (Lipinski definition) is 2. The molecule has 0 saturated carbocycles. The molecule has 0 radical (unpaired) electrons. The zero-order valence-electron chi connectivity index (χ0n) is 15.1. The quantitative estimate of drug-likeness (QED) is 0.580. The Balaban J connectivity index is 1.66. The molecule has 0 bridgehead atoms. The molecule has 0 saturated heterocycles. The number of aromatic nitrogens is 3. The molecule has 2 N–H and O–H groups in total. The highest BCUT2D eigenvalue weighted by molar-refractivity contribution is 7.15. The number of nitrogens with zero attached hydrogens (tertiary/aromatic N) is 3. The van der Waals surface area contributed by atoms with Gasteiger partial charge < -0.3 is 10.6 Å². The lowest BCUT2D eigenvalue weighted by atomic mass is 10.2. The number of aryl methyl sites for hydroxylation is 1. The van der Waals surface area contributed by atoms with Crippen LogP contribution >= 0.6 is 22.9 Å². The van der Waals surface area contributed by atoms with Gasteiger partial charge >= 0.3 is 0 Å². The first-order valence-corrected chi connectivity index (χ1v) is 9.73. The third kappa shape index (κ3) is 4.93. The molecule has 0 aliphatic rings. The van der Waals surface area contributed by atoms with E-state index in [2.05, 4.69) is 39.4 Å². The van der Waals surface area contributed by atoms with E-state index in [0.717, 1.165) is 33.7 Å². The van der Waals surface area contributed by atoms with E-state index in [0.29, 0.717) is 18.4 Å². The summed E-state index contributed by atoms with van der Waals surface area (Å²) in [6.45, 7) is 7.86. The van der Waals surface area contributed by atoms with Crippen molar-refractivity contribution in [2.45, 2.75) is 27.3 Å². The highest BCUT2D eigenvalue weighted by Gasteiger charge is 2.10. The van der Waals surface area contributed by atoms with Crippen LogP contribution in [0.25, 0.3) is 10.6 Å². The van der Waals surface area contributed by atoms with Crippen LogP contribution in [0.5, 0.6) is 0 Å². The van der Waals surface area contributed by atoms with Crippen molar-refractivity contribution in [2.75, 3.05) is 17.2 Å². The first kappa shape index (κ1) is 18.6. The largest absolute Gasteiger partial charge is 0.365 e. The lowest BCUT2D eigenvalue weighted by Gasteiger charge is -2.09. The minimum Gasteiger partial charge on any atom is -0.365 e. The van der Waals surface area contributed by atoms with Gasteiger partial charge in [-0.2, -0.15) is 4.98 Å². The average Bonchev–Trinajstić information content (AvgIpc) is 3.00. The van der Waals surface area contributed by atoms with E-state index in [9.17, 15) is 0 Å². The maximum atomic E-state index is 5.96. The molecular weight excluding hydrogens is 366 g/mol. The van der Waals surface area contributed by atoms with Crippen molar-refractivity contribution >= 4 is 34.7 Å². The van der Waals surface area contributed by atoms with Crippen LogP contribution < -0.4 is 10.6 Å². The second kappa shape index (κ2) is 8.47. The molecule has 7 heteroatoms. The number of rotatable bonds is 7. The highest BCUT2D eigenvalue weighted by Crippen LogP contribution is 2.29. The first-order valence-electron chi connectivity index (χ1n) is 8.54. The van der Waals surface area contributed by atoms with Gasteiger partial charge in [-0.3, -0.25) is 0 Å². The average molecular weight is 388 g/mol. The Hall–Kier alpha value is -2.18. The van der Waals surface area contributed by atoms with E-state index in [-0.39, 0.29) is 0 Å². The Morgan fingerprint density at radius 3 is 2.58 bits per heavy atom. The summed E-state index contributed by atoms with van der Waals surface area (Å²) in [6.07, 6.45) is 1.76. The molecule has 3 aromatic rings. The Morgan fingerprint density at radius 1 is 1.08 bits per heavy atom. The summed E-state index contributed by atoms with van der Waals surface area (Å²) < 4.78 is 0. The number of anilines is 2. The summed E-state index contributed by atoms with van der Waals surface area (Å²) in [5.74, 6) is 1.99. The van der Waals surface area contributed by atoms with Crippen molar-refractivity contribution in [3.8, 4) is 10.6 Å². The summed E-state index contributed by atoms with van der Waals surface area (Å²) in [6, 6.07) is 9.64. The summed E-state index contributed by atoms with van der Waals surface area (Å²) in [5, 5.41) is 8.33. The van der Waals surface area contributed by atoms with Crippen LogP contribution in [0.2, 0.25) is 5.02 Å². The molecule has 0 amide bonds. The number of thiazole rings is 1. The summed E-state index contributed by atoms with van der Waals surface area (Å²) in [7, 11) is 0. The predicted molar refractivity (Wildman–Crippen MR) is 110 cm³/mol. The van der Waals surface area contributed by atoms with Gasteiger partial charge in [0.1, 0.15) is 10.8 Å². The van der Waals surface area contributed by atoms with Gasteiger partial charge in [0.05, 0.1) is 12.2 Å². The lowest BCUT2D eigenvalue weighted by molar-refractivity contribution is 0.684. The van der Waals surface area contributed by atoms with Crippen LogP contribution in [0, 0.1) is 12.8 Å².